The number of amides is 6. The molecule has 0 aliphatic carbocycles. The molecule has 0 spiro atoms. The molecule has 4 rings (SSSR count). The summed E-state index contributed by atoms with van der Waals surface area (Å²) in [6.07, 6.45) is 0.112. The molecule has 3 heterocycles. The molecule has 1 aromatic rings. The lowest BCUT2D eigenvalue weighted by Crippen LogP contribution is -2.34. The molecule has 9 nitrogen and oxygen atoms in total. The maximum atomic E-state index is 12.6. The fourth-order valence-electron chi connectivity index (χ4n) is 4.13. The summed E-state index contributed by atoms with van der Waals surface area (Å²) >= 11 is 0. The van der Waals surface area contributed by atoms with Crippen LogP contribution in [0.1, 0.15) is 40.0 Å². The van der Waals surface area contributed by atoms with E-state index in [1.54, 1.807) is 20.8 Å². The number of carbonyl (C=O) groups excluding carboxylic acids is 6. The standard InChI is InChI=1S/C21H21N3O6/c1-10-4-16(25)22(19(10)28)13-7-14(23-17(26)5-11(2)20(23)29)9-15(8-13)24-18(27)6-12(3)21(24)30/h7-12H,4-6H2,1-3H3. The van der Waals surface area contributed by atoms with Crippen molar-refractivity contribution in [2.24, 2.45) is 17.8 Å². The van der Waals surface area contributed by atoms with E-state index in [2.05, 4.69) is 0 Å². The first kappa shape index (κ1) is 19.9. The van der Waals surface area contributed by atoms with Gasteiger partial charge in [0.05, 0.1) is 17.1 Å². The summed E-state index contributed by atoms with van der Waals surface area (Å²) in [4.78, 5) is 77.9. The number of benzene rings is 1. The minimum Gasteiger partial charge on any atom is -0.274 e. The van der Waals surface area contributed by atoms with Gasteiger partial charge in [-0.05, 0) is 18.2 Å². The van der Waals surface area contributed by atoms with E-state index >= 15 is 0 Å². The highest BCUT2D eigenvalue weighted by atomic mass is 16.2. The fourth-order valence-corrected chi connectivity index (χ4v) is 4.13. The van der Waals surface area contributed by atoms with Gasteiger partial charge >= 0.3 is 0 Å². The van der Waals surface area contributed by atoms with Crippen LogP contribution in [0.3, 0.4) is 0 Å². The summed E-state index contributed by atoms with van der Waals surface area (Å²) < 4.78 is 0. The predicted molar refractivity (Wildman–Crippen MR) is 105 cm³/mol. The number of anilines is 3. The molecular weight excluding hydrogens is 390 g/mol. The van der Waals surface area contributed by atoms with Crippen LogP contribution in [0.2, 0.25) is 0 Å². The van der Waals surface area contributed by atoms with Gasteiger partial charge in [0.2, 0.25) is 35.4 Å². The third-order valence-corrected chi connectivity index (χ3v) is 5.78. The van der Waals surface area contributed by atoms with Crippen molar-refractivity contribution < 1.29 is 28.8 Å². The topological polar surface area (TPSA) is 112 Å². The highest BCUT2D eigenvalue weighted by molar-refractivity contribution is 6.25. The molecule has 3 fully saturated rings. The van der Waals surface area contributed by atoms with E-state index in [9.17, 15) is 28.8 Å². The van der Waals surface area contributed by atoms with Crippen molar-refractivity contribution in [3.63, 3.8) is 0 Å². The minimum absolute atomic E-state index is 0.0373. The number of carbonyl (C=O) groups is 6. The quantitative estimate of drug-likeness (QED) is 0.695. The second-order valence-corrected chi connectivity index (χ2v) is 8.23. The lowest BCUT2D eigenvalue weighted by Gasteiger charge is -2.23. The first-order valence-corrected chi connectivity index (χ1v) is 9.85. The van der Waals surface area contributed by atoms with E-state index in [1.807, 2.05) is 0 Å². The summed E-state index contributed by atoms with van der Waals surface area (Å²) in [5, 5.41) is 0. The van der Waals surface area contributed by atoms with Crippen molar-refractivity contribution in [3.8, 4) is 0 Å². The van der Waals surface area contributed by atoms with E-state index in [4.69, 9.17) is 0 Å². The van der Waals surface area contributed by atoms with Crippen LogP contribution in [0.25, 0.3) is 0 Å². The SMILES string of the molecule is CC1CC(=O)N(c2cc(N3C(=O)CC(C)C3=O)cc(N3C(=O)CC(C)C3=O)c2)C1=O. The lowest BCUT2D eigenvalue weighted by atomic mass is 10.1. The Morgan fingerprint density at radius 2 is 0.767 bits per heavy atom. The average molecular weight is 411 g/mol. The van der Waals surface area contributed by atoms with Gasteiger partial charge in [0.15, 0.2) is 0 Å². The molecule has 0 radical (unpaired) electrons. The second kappa shape index (κ2) is 6.86. The van der Waals surface area contributed by atoms with Gasteiger partial charge in [0, 0.05) is 37.0 Å². The predicted octanol–water partition coefficient (Wildman–Crippen LogP) is 1.38. The summed E-state index contributed by atoms with van der Waals surface area (Å²) in [7, 11) is 0. The van der Waals surface area contributed by atoms with E-state index in [-0.39, 0.29) is 36.3 Å². The zero-order valence-corrected chi connectivity index (χ0v) is 16.9. The van der Waals surface area contributed by atoms with Gasteiger partial charge in [-0.1, -0.05) is 20.8 Å². The Labute approximate surface area is 172 Å². The Morgan fingerprint density at radius 1 is 0.533 bits per heavy atom. The molecule has 1 aromatic carbocycles. The molecule has 6 amide bonds. The summed E-state index contributed by atoms with van der Waals surface area (Å²) in [5.74, 6) is -4.02. The number of rotatable bonds is 3. The highest BCUT2D eigenvalue weighted by Gasteiger charge is 2.42. The van der Waals surface area contributed by atoms with Crippen LogP contribution in [-0.4, -0.2) is 35.4 Å². The Kier molecular flexibility index (Phi) is 4.56. The van der Waals surface area contributed by atoms with E-state index in [0.29, 0.717) is 0 Å². The van der Waals surface area contributed by atoms with Crippen LogP contribution in [0.4, 0.5) is 17.1 Å². The van der Waals surface area contributed by atoms with Gasteiger partial charge in [-0.25, -0.2) is 0 Å². The van der Waals surface area contributed by atoms with Crippen molar-refractivity contribution in [1.29, 1.82) is 0 Å². The zero-order chi connectivity index (χ0) is 21.9. The molecular formula is C21H21N3O6. The van der Waals surface area contributed by atoms with Gasteiger partial charge < -0.3 is 0 Å². The number of hydrogen-bond acceptors (Lipinski definition) is 6. The van der Waals surface area contributed by atoms with Crippen LogP contribution in [-0.2, 0) is 28.8 Å². The molecule has 0 aromatic heterocycles. The van der Waals surface area contributed by atoms with E-state index < -0.39 is 53.2 Å². The van der Waals surface area contributed by atoms with Gasteiger partial charge in [0.1, 0.15) is 0 Å². The molecule has 3 saturated heterocycles. The second-order valence-electron chi connectivity index (χ2n) is 8.23. The van der Waals surface area contributed by atoms with Crippen LogP contribution < -0.4 is 14.7 Å². The Bertz CT molecular complexity index is 891. The first-order valence-electron chi connectivity index (χ1n) is 9.85. The van der Waals surface area contributed by atoms with E-state index in [0.717, 1.165) is 14.7 Å². The lowest BCUT2D eigenvalue weighted by molar-refractivity contribution is -0.123. The number of imide groups is 3. The maximum Gasteiger partial charge on any atom is 0.237 e. The molecule has 156 valence electrons. The Hall–Kier alpha value is -3.36. The molecule has 30 heavy (non-hydrogen) atoms. The van der Waals surface area contributed by atoms with Crippen molar-refractivity contribution in [2.75, 3.05) is 14.7 Å². The smallest absolute Gasteiger partial charge is 0.237 e. The molecule has 3 aliphatic rings. The highest BCUT2D eigenvalue weighted by Crippen LogP contribution is 2.38. The van der Waals surface area contributed by atoms with Crippen LogP contribution >= 0.6 is 0 Å². The third kappa shape index (κ3) is 2.92. The minimum atomic E-state index is -0.505. The largest absolute Gasteiger partial charge is 0.274 e. The van der Waals surface area contributed by atoms with Crippen LogP contribution in [0.15, 0.2) is 18.2 Å². The Morgan fingerprint density at radius 3 is 0.933 bits per heavy atom. The molecule has 0 saturated carbocycles. The summed E-state index contributed by atoms with van der Waals surface area (Å²) in [5.41, 5.74) is 0.381. The number of nitrogens with zero attached hydrogens (tertiary/aromatic N) is 3. The van der Waals surface area contributed by atoms with Crippen molar-refractivity contribution >= 4 is 52.5 Å². The number of hydrogen-bond donors (Lipinski definition) is 0. The van der Waals surface area contributed by atoms with Crippen LogP contribution in [0, 0.1) is 17.8 Å². The molecule has 3 atom stereocenters. The van der Waals surface area contributed by atoms with Gasteiger partial charge in [0.25, 0.3) is 0 Å². The first-order chi connectivity index (χ1) is 14.1. The maximum absolute atomic E-state index is 12.6. The molecule has 3 aliphatic heterocycles. The Balaban J connectivity index is 1.87. The van der Waals surface area contributed by atoms with E-state index in [1.165, 1.54) is 18.2 Å². The van der Waals surface area contributed by atoms with Crippen molar-refractivity contribution in [2.45, 2.75) is 40.0 Å². The zero-order valence-electron chi connectivity index (χ0n) is 16.9. The van der Waals surface area contributed by atoms with Crippen molar-refractivity contribution in [3.05, 3.63) is 18.2 Å². The van der Waals surface area contributed by atoms with Gasteiger partial charge in [-0.3, -0.25) is 43.5 Å². The normalized spacial score (nSPS) is 27.3. The molecule has 9 heteroatoms. The fraction of sp³-hybridized carbons (Fsp3) is 0.429. The van der Waals surface area contributed by atoms with Gasteiger partial charge in [-0.2, -0.15) is 0 Å². The molecule has 0 bridgehead atoms. The monoisotopic (exact) mass is 411 g/mol. The van der Waals surface area contributed by atoms with Crippen LogP contribution in [0.5, 0.6) is 0 Å². The third-order valence-electron chi connectivity index (χ3n) is 5.78. The van der Waals surface area contributed by atoms with Crippen molar-refractivity contribution in [1.82, 2.24) is 0 Å². The molecule has 0 N–H and O–H groups in total. The van der Waals surface area contributed by atoms with Gasteiger partial charge in [-0.15, -0.1) is 0 Å². The average Bonchev–Trinajstić information content (AvgIpc) is 3.18. The molecule has 3 unspecified atom stereocenters. The summed E-state index contributed by atoms with van der Waals surface area (Å²) in [6, 6.07) is 4.21. The summed E-state index contributed by atoms with van der Waals surface area (Å²) in [6.45, 7) is 4.90.